The van der Waals surface area contributed by atoms with Crippen molar-refractivity contribution in [3.8, 4) is 0 Å². The van der Waals surface area contributed by atoms with Gasteiger partial charge >= 0.3 is 0 Å². The SMILES string of the molecule is O=c1[nH]c(NC2CCN(S(=O)(=O)C3CC3)CC2)nc2ccccc12. The Hall–Kier alpha value is -1.93. The Kier molecular flexibility index (Phi) is 3.80. The summed E-state index contributed by atoms with van der Waals surface area (Å²) in [5, 5.41) is 3.65. The van der Waals surface area contributed by atoms with E-state index in [0.29, 0.717) is 42.8 Å². The van der Waals surface area contributed by atoms with Crippen molar-refractivity contribution >= 4 is 26.9 Å². The maximum atomic E-state index is 12.2. The number of benzene rings is 1. The van der Waals surface area contributed by atoms with E-state index in [0.717, 1.165) is 12.8 Å². The lowest BCUT2D eigenvalue weighted by Gasteiger charge is -2.31. The maximum Gasteiger partial charge on any atom is 0.260 e. The van der Waals surface area contributed by atoms with Crippen LogP contribution in [-0.4, -0.2) is 47.1 Å². The number of anilines is 1. The first-order valence-electron chi connectivity index (χ1n) is 8.28. The molecular weight excluding hydrogens is 328 g/mol. The van der Waals surface area contributed by atoms with Gasteiger partial charge in [-0.05, 0) is 37.8 Å². The van der Waals surface area contributed by atoms with Gasteiger partial charge in [0.05, 0.1) is 16.2 Å². The van der Waals surface area contributed by atoms with Crippen LogP contribution in [0.1, 0.15) is 25.7 Å². The summed E-state index contributed by atoms with van der Waals surface area (Å²) < 4.78 is 26.1. The number of hydrogen-bond donors (Lipinski definition) is 2. The van der Waals surface area contributed by atoms with Gasteiger partial charge in [-0.2, -0.15) is 0 Å². The van der Waals surface area contributed by atoms with E-state index in [1.165, 1.54) is 0 Å². The molecule has 2 aliphatic rings. The van der Waals surface area contributed by atoms with Crippen molar-refractivity contribution in [2.45, 2.75) is 37.0 Å². The lowest BCUT2D eigenvalue weighted by molar-refractivity contribution is 0.328. The molecule has 1 aliphatic carbocycles. The van der Waals surface area contributed by atoms with Crippen LogP contribution in [0, 0.1) is 0 Å². The van der Waals surface area contributed by atoms with Gasteiger partial charge in [0, 0.05) is 19.1 Å². The molecule has 1 saturated heterocycles. The number of aromatic amines is 1. The van der Waals surface area contributed by atoms with Gasteiger partial charge in [0.2, 0.25) is 16.0 Å². The Labute approximate surface area is 140 Å². The number of H-pyrrole nitrogens is 1. The highest BCUT2D eigenvalue weighted by Crippen LogP contribution is 2.32. The number of rotatable bonds is 4. The molecule has 1 aromatic heterocycles. The minimum absolute atomic E-state index is 0.111. The third-order valence-electron chi connectivity index (χ3n) is 4.71. The Morgan fingerprint density at radius 2 is 1.83 bits per heavy atom. The van der Waals surface area contributed by atoms with Crippen LogP contribution in [0.3, 0.4) is 0 Å². The molecule has 2 heterocycles. The van der Waals surface area contributed by atoms with Gasteiger partial charge in [-0.25, -0.2) is 17.7 Å². The highest BCUT2D eigenvalue weighted by Gasteiger charge is 2.41. The van der Waals surface area contributed by atoms with Crippen molar-refractivity contribution < 1.29 is 8.42 Å². The van der Waals surface area contributed by atoms with Crippen LogP contribution < -0.4 is 10.9 Å². The summed E-state index contributed by atoms with van der Waals surface area (Å²) in [6.07, 6.45) is 3.01. The molecular formula is C16H20N4O3S. The summed E-state index contributed by atoms with van der Waals surface area (Å²) in [4.78, 5) is 19.3. The molecule has 2 aromatic rings. The largest absolute Gasteiger partial charge is 0.353 e. The number of piperidine rings is 1. The fourth-order valence-corrected chi connectivity index (χ4v) is 5.05. The average Bonchev–Trinajstić information content (AvgIpc) is 3.41. The maximum absolute atomic E-state index is 12.2. The van der Waals surface area contributed by atoms with Crippen molar-refractivity contribution in [1.82, 2.24) is 14.3 Å². The molecule has 128 valence electrons. The molecule has 2 fully saturated rings. The number of nitrogens with zero attached hydrogens (tertiary/aromatic N) is 2. The summed E-state index contributed by atoms with van der Waals surface area (Å²) in [7, 11) is -3.09. The van der Waals surface area contributed by atoms with Crippen molar-refractivity contribution in [3.63, 3.8) is 0 Å². The zero-order valence-corrected chi connectivity index (χ0v) is 14.1. The second-order valence-corrected chi connectivity index (χ2v) is 8.71. The third-order valence-corrected chi connectivity index (χ3v) is 7.11. The number of para-hydroxylation sites is 1. The fourth-order valence-electron chi connectivity index (χ4n) is 3.18. The fraction of sp³-hybridized carbons (Fsp3) is 0.500. The summed E-state index contributed by atoms with van der Waals surface area (Å²) in [6, 6.07) is 7.31. The molecule has 0 bridgehead atoms. The van der Waals surface area contributed by atoms with Crippen LogP contribution in [-0.2, 0) is 10.0 Å². The Balaban J connectivity index is 1.45. The molecule has 0 amide bonds. The summed E-state index contributed by atoms with van der Waals surface area (Å²) in [5.41, 5.74) is 0.481. The lowest BCUT2D eigenvalue weighted by Crippen LogP contribution is -2.43. The van der Waals surface area contributed by atoms with Gasteiger partial charge in [0.25, 0.3) is 5.56 Å². The van der Waals surface area contributed by atoms with E-state index in [-0.39, 0.29) is 16.9 Å². The van der Waals surface area contributed by atoms with E-state index < -0.39 is 10.0 Å². The number of sulfonamides is 1. The number of aromatic nitrogens is 2. The standard InChI is InChI=1S/C16H20N4O3S/c21-15-13-3-1-2-4-14(13)18-16(19-15)17-11-7-9-20(10-8-11)24(22,23)12-5-6-12/h1-4,11-12H,5-10H2,(H2,17,18,19,21). The minimum atomic E-state index is -3.09. The number of fused-ring (bicyclic) bond motifs is 1. The van der Waals surface area contributed by atoms with Crippen LogP contribution in [0.2, 0.25) is 0 Å². The van der Waals surface area contributed by atoms with Crippen LogP contribution in [0.5, 0.6) is 0 Å². The van der Waals surface area contributed by atoms with Crippen LogP contribution in [0.25, 0.3) is 10.9 Å². The quantitative estimate of drug-likeness (QED) is 0.868. The first kappa shape index (κ1) is 15.6. The predicted molar refractivity (Wildman–Crippen MR) is 92.5 cm³/mol. The third kappa shape index (κ3) is 2.91. The van der Waals surface area contributed by atoms with Crippen molar-refractivity contribution in [1.29, 1.82) is 0 Å². The zero-order valence-electron chi connectivity index (χ0n) is 13.2. The summed E-state index contributed by atoms with van der Waals surface area (Å²) in [5.74, 6) is 0.446. The first-order valence-corrected chi connectivity index (χ1v) is 9.79. The van der Waals surface area contributed by atoms with Gasteiger partial charge in [-0.15, -0.1) is 0 Å². The number of hydrogen-bond acceptors (Lipinski definition) is 5. The molecule has 1 saturated carbocycles. The second kappa shape index (κ2) is 5.86. The molecule has 1 aliphatic heterocycles. The molecule has 7 nitrogen and oxygen atoms in total. The second-order valence-electron chi connectivity index (χ2n) is 6.49. The topological polar surface area (TPSA) is 95.2 Å². The minimum Gasteiger partial charge on any atom is -0.353 e. The number of nitrogens with one attached hydrogen (secondary N) is 2. The average molecular weight is 348 g/mol. The van der Waals surface area contributed by atoms with Gasteiger partial charge in [-0.1, -0.05) is 12.1 Å². The van der Waals surface area contributed by atoms with Gasteiger partial charge < -0.3 is 5.32 Å². The normalized spacial score (nSPS) is 20.3. The van der Waals surface area contributed by atoms with Crippen LogP contribution >= 0.6 is 0 Å². The molecule has 24 heavy (non-hydrogen) atoms. The molecule has 0 atom stereocenters. The smallest absolute Gasteiger partial charge is 0.260 e. The van der Waals surface area contributed by atoms with Gasteiger partial charge in [0.15, 0.2) is 0 Å². The molecule has 2 N–H and O–H groups in total. The van der Waals surface area contributed by atoms with E-state index in [9.17, 15) is 13.2 Å². The molecule has 8 heteroatoms. The van der Waals surface area contributed by atoms with E-state index >= 15 is 0 Å². The monoisotopic (exact) mass is 348 g/mol. The molecule has 0 unspecified atom stereocenters. The molecule has 4 rings (SSSR count). The van der Waals surface area contributed by atoms with E-state index in [1.54, 1.807) is 16.4 Å². The van der Waals surface area contributed by atoms with Gasteiger partial charge in [-0.3, -0.25) is 9.78 Å². The Bertz CT molecular complexity index is 912. The highest BCUT2D eigenvalue weighted by atomic mass is 32.2. The van der Waals surface area contributed by atoms with Crippen molar-refractivity contribution in [2.75, 3.05) is 18.4 Å². The predicted octanol–water partition coefficient (Wildman–Crippen LogP) is 1.29. The molecule has 0 radical (unpaired) electrons. The van der Waals surface area contributed by atoms with E-state index in [4.69, 9.17) is 0 Å². The Morgan fingerprint density at radius 1 is 1.12 bits per heavy atom. The first-order chi connectivity index (χ1) is 11.5. The van der Waals surface area contributed by atoms with E-state index in [1.807, 2.05) is 12.1 Å². The Morgan fingerprint density at radius 3 is 2.54 bits per heavy atom. The molecule has 0 spiro atoms. The van der Waals surface area contributed by atoms with Gasteiger partial charge in [0.1, 0.15) is 0 Å². The van der Waals surface area contributed by atoms with E-state index in [2.05, 4.69) is 15.3 Å². The molecule has 1 aromatic carbocycles. The van der Waals surface area contributed by atoms with Crippen LogP contribution in [0.15, 0.2) is 29.1 Å². The summed E-state index contributed by atoms with van der Waals surface area (Å²) >= 11 is 0. The van der Waals surface area contributed by atoms with Crippen LogP contribution in [0.4, 0.5) is 5.95 Å². The lowest BCUT2D eigenvalue weighted by atomic mass is 10.1. The zero-order chi connectivity index (χ0) is 16.7. The highest BCUT2D eigenvalue weighted by molar-refractivity contribution is 7.90. The van der Waals surface area contributed by atoms with Crippen molar-refractivity contribution in [3.05, 3.63) is 34.6 Å². The van der Waals surface area contributed by atoms with Crippen molar-refractivity contribution in [2.24, 2.45) is 0 Å². The summed E-state index contributed by atoms with van der Waals surface area (Å²) in [6.45, 7) is 1.04.